The number of likely N-dealkylation sites (tertiary alicyclic amines) is 1. The lowest BCUT2D eigenvalue weighted by atomic mass is 10.0. The van der Waals surface area contributed by atoms with Gasteiger partial charge < -0.3 is 25.0 Å². The van der Waals surface area contributed by atoms with Crippen LogP contribution in [-0.4, -0.2) is 89.0 Å². The topological polar surface area (TPSA) is 190 Å². The summed E-state index contributed by atoms with van der Waals surface area (Å²) in [6.07, 6.45) is 4.17. The van der Waals surface area contributed by atoms with E-state index >= 15 is 0 Å². The van der Waals surface area contributed by atoms with Gasteiger partial charge in [-0.3, -0.25) is 23.9 Å². The third-order valence-corrected chi connectivity index (χ3v) is 13.0. The Hall–Kier alpha value is -5.09. The van der Waals surface area contributed by atoms with Gasteiger partial charge in [0.2, 0.25) is 27.7 Å². The number of hydrogen-bond acceptors (Lipinski definition) is 11. The molecule has 0 spiro atoms. The van der Waals surface area contributed by atoms with Gasteiger partial charge in [-0.2, -0.15) is 0 Å². The van der Waals surface area contributed by atoms with Crippen LogP contribution >= 0.6 is 11.3 Å². The molecule has 1 aliphatic heterocycles. The van der Waals surface area contributed by atoms with Crippen molar-refractivity contribution in [1.29, 1.82) is 0 Å². The van der Waals surface area contributed by atoms with E-state index in [2.05, 4.69) is 26.9 Å². The minimum atomic E-state index is -3.93. The van der Waals surface area contributed by atoms with Crippen molar-refractivity contribution in [2.75, 3.05) is 6.54 Å². The number of rotatable bonds is 16. The number of pyridine rings is 1. The minimum absolute atomic E-state index is 0.0275. The summed E-state index contributed by atoms with van der Waals surface area (Å²) < 4.78 is 39.8. The van der Waals surface area contributed by atoms with Crippen LogP contribution in [0.4, 0.5) is 4.79 Å². The van der Waals surface area contributed by atoms with Crippen molar-refractivity contribution in [2.24, 2.45) is 5.92 Å². The maximum atomic E-state index is 14.6. The monoisotopic (exact) mass is 833 g/mol. The Labute approximate surface area is 342 Å². The first-order valence-corrected chi connectivity index (χ1v) is 21.9. The van der Waals surface area contributed by atoms with Gasteiger partial charge >= 0.3 is 6.09 Å². The van der Waals surface area contributed by atoms with Gasteiger partial charge in [-0.15, -0.1) is 17.9 Å². The van der Waals surface area contributed by atoms with Crippen LogP contribution in [0.3, 0.4) is 0 Å². The van der Waals surface area contributed by atoms with Crippen molar-refractivity contribution in [2.45, 2.75) is 114 Å². The van der Waals surface area contributed by atoms with Crippen LogP contribution in [0.2, 0.25) is 0 Å². The third kappa shape index (κ3) is 10.1. The average molecular weight is 834 g/mol. The van der Waals surface area contributed by atoms with E-state index in [0.29, 0.717) is 25.1 Å². The highest BCUT2D eigenvalue weighted by molar-refractivity contribution is 7.91. The maximum Gasteiger partial charge on any atom is 0.408 e. The van der Waals surface area contributed by atoms with E-state index in [4.69, 9.17) is 9.47 Å². The molecule has 3 N–H and O–H groups in total. The van der Waals surface area contributed by atoms with E-state index in [-0.39, 0.29) is 38.0 Å². The number of aromatic nitrogens is 1. The quantitative estimate of drug-likeness (QED) is 0.121. The molecule has 0 bridgehead atoms. The first-order valence-electron chi connectivity index (χ1n) is 19.4. The van der Waals surface area contributed by atoms with Crippen LogP contribution < -0.4 is 20.1 Å². The van der Waals surface area contributed by atoms with Crippen molar-refractivity contribution >= 4 is 61.7 Å². The summed E-state index contributed by atoms with van der Waals surface area (Å²) in [5, 5.41) is 8.36. The second-order valence-electron chi connectivity index (χ2n) is 16.5. The van der Waals surface area contributed by atoms with Crippen LogP contribution in [0.5, 0.6) is 5.88 Å². The summed E-state index contributed by atoms with van der Waals surface area (Å²) in [6.45, 7) is 12.2. The molecular formula is C42H51N5O9S2. The summed E-state index contributed by atoms with van der Waals surface area (Å²) in [5.74, 6) is -2.60. The first-order chi connectivity index (χ1) is 27.4. The number of nitrogens with one attached hydrogen (secondary N) is 3. The molecule has 58 heavy (non-hydrogen) atoms. The van der Waals surface area contributed by atoms with Crippen LogP contribution in [0.1, 0.15) is 79.6 Å². The lowest BCUT2D eigenvalue weighted by molar-refractivity contribution is -0.141. The van der Waals surface area contributed by atoms with Gasteiger partial charge in [-0.25, -0.2) is 18.2 Å². The number of carbonyl (C=O) groups is 5. The van der Waals surface area contributed by atoms with Crippen molar-refractivity contribution in [1.82, 2.24) is 25.2 Å². The Morgan fingerprint density at radius 3 is 2.53 bits per heavy atom. The van der Waals surface area contributed by atoms with E-state index in [1.165, 1.54) is 11.0 Å². The number of sulfonamides is 1. The fourth-order valence-electron chi connectivity index (χ4n) is 7.24. The smallest absolute Gasteiger partial charge is 0.408 e. The predicted molar refractivity (Wildman–Crippen MR) is 220 cm³/mol. The SMILES string of the molecule is C=CC[C@H]1C[C@]1(NC(=O)[C@@H]1C[C@@H](Oc2nccc3ccc(-c4cccs4)cc23)CN1C(=O)[C@H](CCC(=O)C=C(C)C)NC(=O)OC(C)(C)C)C(=O)NS(=O)(=O)C1CC1. The molecule has 2 aromatic heterocycles. The van der Waals surface area contributed by atoms with Crippen LogP contribution in [0, 0.1) is 5.92 Å². The second-order valence-corrected chi connectivity index (χ2v) is 19.4. The minimum Gasteiger partial charge on any atom is -0.472 e. The summed E-state index contributed by atoms with van der Waals surface area (Å²) in [5.41, 5.74) is -0.716. The first kappa shape index (κ1) is 42.5. The number of fused-ring (bicyclic) bond motifs is 1. The number of benzene rings is 1. The average Bonchev–Trinajstić information content (AvgIpc) is 4.00. The zero-order chi connectivity index (χ0) is 42.0. The lowest BCUT2D eigenvalue weighted by Gasteiger charge is -2.30. The Bertz CT molecular complexity index is 2230. The summed E-state index contributed by atoms with van der Waals surface area (Å²) >= 11 is 1.59. The fraction of sp³-hybridized carbons (Fsp3) is 0.476. The van der Waals surface area contributed by atoms with E-state index in [1.54, 1.807) is 58.2 Å². The van der Waals surface area contributed by atoms with E-state index in [9.17, 15) is 32.4 Å². The Morgan fingerprint density at radius 1 is 1.12 bits per heavy atom. The molecule has 5 atom stereocenters. The Morgan fingerprint density at radius 2 is 1.88 bits per heavy atom. The molecule has 310 valence electrons. The predicted octanol–water partition coefficient (Wildman–Crippen LogP) is 5.58. The lowest BCUT2D eigenvalue weighted by Crippen LogP contribution is -2.58. The summed E-state index contributed by atoms with van der Waals surface area (Å²) in [6, 6.07) is 9.27. The number of allylic oxidation sites excluding steroid dienone is 3. The number of ether oxygens (including phenoxy) is 2. The van der Waals surface area contributed by atoms with Crippen molar-refractivity contribution < 1.29 is 41.9 Å². The fourth-order valence-corrected chi connectivity index (χ4v) is 9.33. The van der Waals surface area contributed by atoms with Gasteiger partial charge in [0.25, 0.3) is 5.91 Å². The molecular weight excluding hydrogens is 783 g/mol. The molecule has 3 aliphatic rings. The Kier molecular flexibility index (Phi) is 12.5. The molecule has 4 amide bonds. The van der Waals surface area contributed by atoms with Gasteiger partial charge in [0.15, 0.2) is 5.78 Å². The molecule has 2 saturated carbocycles. The number of carbonyl (C=O) groups excluding carboxylic acids is 5. The van der Waals surface area contributed by atoms with Gasteiger partial charge in [-0.05, 0) is 113 Å². The molecule has 16 heteroatoms. The zero-order valence-corrected chi connectivity index (χ0v) is 35.0. The molecule has 1 saturated heterocycles. The van der Waals surface area contributed by atoms with E-state index < -0.39 is 74.3 Å². The van der Waals surface area contributed by atoms with Gasteiger partial charge in [0.05, 0.1) is 11.8 Å². The highest BCUT2D eigenvalue weighted by Gasteiger charge is 2.62. The van der Waals surface area contributed by atoms with Gasteiger partial charge in [-0.1, -0.05) is 29.8 Å². The van der Waals surface area contributed by atoms with Crippen molar-refractivity contribution in [3.63, 3.8) is 0 Å². The van der Waals surface area contributed by atoms with Crippen LogP contribution in [0.25, 0.3) is 21.2 Å². The summed E-state index contributed by atoms with van der Waals surface area (Å²) in [7, 11) is -3.93. The molecule has 3 fully saturated rings. The maximum absolute atomic E-state index is 14.6. The molecule has 6 rings (SSSR count). The number of nitrogens with zero attached hydrogens (tertiary/aromatic N) is 2. The number of alkyl carbamates (subject to hydrolysis) is 1. The normalized spacial score (nSPS) is 22.0. The Balaban J connectivity index is 1.31. The molecule has 2 aliphatic carbocycles. The standard InChI is InChI=1S/C42H51N5O9S2/c1-7-9-28-23-42(28,39(51)46-58(53,54)31-14-15-31)45-36(49)34-22-30(55-37-32-21-27(35-10-8-19-57-35)12-11-26(32)17-18-43-37)24-47(34)38(50)33(16-13-29(48)20-25(2)3)44-40(52)56-41(4,5)6/h7-8,10-12,17-21,28,30-31,33-34H,1,9,13-16,22-24H2,2-6H3,(H,44,52)(H,45,49)(H,46,51)/t28-,30+,33-,34-,42+/m0/s1. The molecule has 3 aromatic rings. The molecule has 1 aromatic carbocycles. The van der Waals surface area contributed by atoms with E-state index in [1.807, 2.05) is 41.8 Å². The number of thiophene rings is 1. The molecule has 14 nitrogen and oxygen atoms in total. The number of hydrogen-bond donors (Lipinski definition) is 3. The van der Waals surface area contributed by atoms with Crippen LogP contribution in [-0.2, 0) is 33.9 Å². The van der Waals surface area contributed by atoms with E-state index in [0.717, 1.165) is 26.8 Å². The zero-order valence-electron chi connectivity index (χ0n) is 33.4. The number of ketones is 1. The molecule has 0 unspecified atom stereocenters. The van der Waals surface area contributed by atoms with Gasteiger partial charge in [0, 0.05) is 29.3 Å². The molecule has 3 heterocycles. The highest BCUT2D eigenvalue weighted by Crippen LogP contribution is 2.47. The number of amides is 4. The molecule has 0 radical (unpaired) electrons. The van der Waals surface area contributed by atoms with Crippen molar-refractivity contribution in [3.8, 4) is 16.3 Å². The van der Waals surface area contributed by atoms with Gasteiger partial charge in [0.1, 0.15) is 29.3 Å². The van der Waals surface area contributed by atoms with Crippen molar-refractivity contribution in [3.05, 3.63) is 72.3 Å². The van der Waals surface area contributed by atoms with Crippen LogP contribution in [0.15, 0.2) is 72.3 Å². The second kappa shape index (κ2) is 17.0. The third-order valence-electron chi connectivity index (χ3n) is 10.3. The largest absolute Gasteiger partial charge is 0.472 e. The summed E-state index contributed by atoms with van der Waals surface area (Å²) in [4.78, 5) is 75.6. The highest BCUT2D eigenvalue weighted by atomic mass is 32.2.